The van der Waals surface area contributed by atoms with Crippen molar-refractivity contribution in [3.05, 3.63) is 35.8 Å². The van der Waals surface area contributed by atoms with Gasteiger partial charge in [0.25, 0.3) is 0 Å². The molecule has 1 aromatic rings. The summed E-state index contributed by atoms with van der Waals surface area (Å²) in [5, 5.41) is 10.3. The van der Waals surface area contributed by atoms with Crippen molar-refractivity contribution in [1.29, 1.82) is 0 Å². The maximum atomic E-state index is 10.3. The summed E-state index contributed by atoms with van der Waals surface area (Å²) in [7, 11) is 0. The second kappa shape index (κ2) is 2.74. The maximum absolute atomic E-state index is 10.3. The lowest BCUT2D eigenvalue weighted by molar-refractivity contribution is 0.0551. The highest BCUT2D eigenvalue weighted by Crippen LogP contribution is 2.40. The number of hydrogen-bond donors (Lipinski definition) is 1. The van der Waals surface area contributed by atoms with Crippen LogP contribution in [-0.2, 0) is 12.0 Å². The third-order valence-electron chi connectivity index (χ3n) is 2.84. The third-order valence-corrected chi connectivity index (χ3v) is 2.84. The lowest BCUT2D eigenvalue weighted by Gasteiger charge is -2.32. The highest BCUT2D eigenvalue weighted by molar-refractivity contribution is 5.34. The molecule has 2 heteroatoms. The van der Waals surface area contributed by atoms with Gasteiger partial charge < -0.3 is 9.52 Å². The van der Waals surface area contributed by atoms with Crippen LogP contribution in [0, 0.1) is 0 Å². The summed E-state index contributed by atoms with van der Waals surface area (Å²) in [6, 6.07) is 1.85. The second-order valence-electron chi connectivity index (χ2n) is 3.75. The first kappa shape index (κ1) is 8.57. The Morgan fingerprint density at radius 1 is 1.69 bits per heavy atom. The standard InChI is InChI=1S/C11H14O2/c1-8(2)11(12)6-3-4-10-9(11)5-7-13-10/h5,7,12H,1,3-4,6H2,2H3. The van der Waals surface area contributed by atoms with Crippen LogP contribution in [-0.4, -0.2) is 5.11 Å². The number of fused-ring (bicyclic) bond motifs is 1. The summed E-state index contributed by atoms with van der Waals surface area (Å²) in [6.07, 6.45) is 4.29. The van der Waals surface area contributed by atoms with Crippen molar-refractivity contribution in [2.75, 3.05) is 0 Å². The first-order valence-corrected chi connectivity index (χ1v) is 4.60. The summed E-state index contributed by atoms with van der Waals surface area (Å²) in [6.45, 7) is 5.70. The first-order chi connectivity index (χ1) is 6.14. The molecule has 1 aliphatic rings. The van der Waals surface area contributed by atoms with Gasteiger partial charge in [0, 0.05) is 12.0 Å². The minimum atomic E-state index is -0.847. The van der Waals surface area contributed by atoms with E-state index in [0.29, 0.717) is 0 Å². The Morgan fingerprint density at radius 2 is 2.46 bits per heavy atom. The van der Waals surface area contributed by atoms with Gasteiger partial charge in [-0.2, -0.15) is 0 Å². The predicted octanol–water partition coefficient (Wildman–Crippen LogP) is 2.38. The molecule has 0 fully saturated rings. The smallest absolute Gasteiger partial charge is 0.113 e. The van der Waals surface area contributed by atoms with Crippen LogP contribution >= 0.6 is 0 Å². The Labute approximate surface area is 77.9 Å². The zero-order valence-electron chi connectivity index (χ0n) is 7.84. The lowest BCUT2D eigenvalue weighted by Crippen LogP contribution is -2.30. The maximum Gasteiger partial charge on any atom is 0.113 e. The fourth-order valence-electron chi connectivity index (χ4n) is 1.99. The molecule has 2 rings (SSSR count). The van der Waals surface area contributed by atoms with Crippen molar-refractivity contribution in [1.82, 2.24) is 0 Å². The summed E-state index contributed by atoms with van der Waals surface area (Å²) in [4.78, 5) is 0. The van der Waals surface area contributed by atoms with Crippen LogP contribution in [0.1, 0.15) is 31.1 Å². The van der Waals surface area contributed by atoms with Crippen molar-refractivity contribution in [2.24, 2.45) is 0 Å². The quantitative estimate of drug-likeness (QED) is 0.670. The normalized spacial score (nSPS) is 26.9. The Kier molecular flexibility index (Phi) is 1.81. The Balaban J connectivity index is 2.51. The predicted molar refractivity (Wildman–Crippen MR) is 50.4 cm³/mol. The largest absolute Gasteiger partial charge is 0.469 e. The van der Waals surface area contributed by atoms with Crippen LogP contribution in [0.25, 0.3) is 0 Å². The first-order valence-electron chi connectivity index (χ1n) is 4.60. The van der Waals surface area contributed by atoms with Gasteiger partial charge in [-0.3, -0.25) is 0 Å². The molecule has 1 N–H and O–H groups in total. The summed E-state index contributed by atoms with van der Waals surface area (Å²) in [5.41, 5.74) is 0.863. The Morgan fingerprint density at radius 3 is 3.15 bits per heavy atom. The molecule has 1 unspecified atom stereocenters. The van der Waals surface area contributed by atoms with Gasteiger partial charge in [-0.25, -0.2) is 0 Å². The molecule has 0 aromatic carbocycles. The van der Waals surface area contributed by atoms with E-state index in [1.807, 2.05) is 13.0 Å². The third kappa shape index (κ3) is 1.13. The molecular weight excluding hydrogens is 164 g/mol. The van der Waals surface area contributed by atoms with E-state index in [2.05, 4.69) is 6.58 Å². The topological polar surface area (TPSA) is 33.4 Å². The number of aryl methyl sites for hydroxylation is 1. The van der Waals surface area contributed by atoms with Gasteiger partial charge >= 0.3 is 0 Å². The zero-order valence-corrected chi connectivity index (χ0v) is 7.84. The SMILES string of the molecule is C=C(C)C1(O)CCCc2occc21. The van der Waals surface area contributed by atoms with E-state index in [1.165, 1.54) is 0 Å². The molecule has 13 heavy (non-hydrogen) atoms. The molecule has 1 atom stereocenters. The van der Waals surface area contributed by atoms with Crippen LogP contribution in [0.5, 0.6) is 0 Å². The van der Waals surface area contributed by atoms with Crippen molar-refractivity contribution >= 4 is 0 Å². The highest BCUT2D eigenvalue weighted by Gasteiger charge is 2.36. The van der Waals surface area contributed by atoms with E-state index in [4.69, 9.17) is 4.42 Å². The van der Waals surface area contributed by atoms with Crippen molar-refractivity contribution in [3.63, 3.8) is 0 Å². The van der Waals surface area contributed by atoms with Crippen LogP contribution < -0.4 is 0 Å². The molecule has 0 amide bonds. The molecule has 0 aliphatic heterocycles. The molecule has 1 heterocycles. The van der Waals surface area contributed by atoms with Crippen molar-refractivity contribution < 1.29 is 9.52 Å². The second-order valence-corrected chi connectivity index (χ2v) is 3.75. The summed E-state index contributed by atoms with van der Waals surface area (Å²) >= 11 is 0. The summed E-state index contributed by atoms with van der Waals surface area (Å²) in [5.74, 6) is 0.914. The van der Waals surface area contributed by atoms with Crippen molar-refractivity contribution in [2.45, 2.75) is 31.8 Å². The average molecular weight is 178 g/mol. The van der Waals surface area contributed by atoms with E-state index in [9.17, 15) is 5.11 Å². The Bertz CT molecular complexity index is 338. The van der Waals surface area contributed by atoms with Crippen LogP contribution in [0.3, 0.4) is 0 Å². The Hall–Kier alpha value is -1.02. The molecule has 1 aromatic heterocycles. The number of furan rings is 1. The molecule has 0 spiro atoms. The van der Waals surface area contributed by atoms with E-state index < -0.39 is 5.60 Å². The molecule has 0 bridgehead atoms. The lowest BCUT2D eigenvalue weighted by atomic mass is 9.79. The van der Waals surface area contributed by atoms with Crippen LogP contribution in [0.4, 0.5) is 0 Å². The van der Waals surface area contributed by atoms with Crippen LogP contribution in [0.2, 0.25) is 0 Å². The summed E-state index contributed by atoms with van der Waals surface area (Å²) < 4.78 is 5.30. The number of hydrogen-bond acceptors (Lipinski definition) is 2. The minimum absolute atomic E-state index is 0.759. The van der Waals surface area contributed by atoms with E-state index in [1.54, 1.807) is 6.26 Å². The van der Waals surface area contributed by atoms with Gasteiger partial charge in [0.2, 0.25) is 0 Å². The molecule has 1 aliphatic carbocycles. The average Bonchev–Trinajstić information content (AvgIpc) is 2.53. The molecule has 0 saturated heterocycles. The van der Waals surface area contributed by atoms with Gasteiger partial charge in [-0.05, 0) is 31.4 Å². The monoisotopic (exact) mass is 178 g/mol. The van der Waals surface area contributed by atoms with E-state index >= 15 is 0 Å². The number of rotatable bonds is 1. The van der Waals surface area contributed by atoms with E-state index in [0.717, 1.165) is 36.2 Å². The van der Waals surface area contributed by atoms with E-state index in [-0.39, 0.29) is 0 Å². The molecule has 70 valence electrons. The fraction of sp³-hybridized carbons (Fsp3) is 0.455. The zero-order chi connectivity index (χ0) is 9.47. The van der Waals surface area contributed by atoms with Gasteiger partial charge in [0.15, 0.2) is 0 Å². The highest BCUT2D eigenvalue weighted by atomic mass is 16.3. The molecule has 0 saturated carbocycles. The molecular formula is C11H14O2. The minimum Gasteiger partial charge on any atom is -0.469 e. The molecule has 2 nitrogen and oxygen atoms in total. The van der Waals surface area contributed by atoms with Gasteiger partial charge in [0.05, 0.1) is 6.26 Å². The van der Waals surface area contributed by atoms with Crippen LogP contribution in [0.15, 0.2) is 28.9 Å². The van der Waals surface area contributed by atoms with Gasteiger partial charge in [-0.1, -0.05) is 6.58 Å². The number of aliphatic hydroxyl groups is 1. The van der Waals surface area contributed by atoms with Gasteiger partial charge in [-0.15, -0.1) is 0 Å². The fourth-order valence-corrected chi connectivity index (χ4v) is 1.99. The van der Waals surface area contributed by atoms with Gasteiger partial charge in [0.1, 0.15) is 11.4 Å². The molecule has 0 radical (unpaired) electrons. The van der Waals surface area contributed by atoms with Crippen molar-refractivity contribution in [3.8, 4) is 0 Å².